The van der Waals surface area contributed by atoms with E-state index in [9.17, 15) is 4.79 Å². The molecule has 0 aliphatic carbocycles. The van der Waals surface area contributed by atoms with E-state index in [1.165, 1.54) is 0 Å². The van der Waals surface area contributed by atoms with Crippen LogP contribution in [0.15, 0.2) is 46.9 Å². The lowest BCUT2D eigenvalue weighted by atomic mass is 10.1. The van der Waals surface area contributed by atoms with Gasteiger partial charge in [-0.05, 0) is 41.6 Å². The molecule has 2 aromatic carbocycles. The van der Waals surface area contributed by atoms with Crippen LogP contribution in [0.2, 0.25) is 5.02 Å². The molecule has 0 spiro atoms. The number of aromatic amines is 1. The van der Waals surface area contributed by atoms with Crippen molar-refractivity contribution in [3.63, 3.8) is 0 Å². The molecule has 0 saturated heterocycles. The molecule has 0 bridgehead atoms. The van der Waals surface area contributed by atoms with Crippen molar-refractivity contribution in [2.75, 3.05) is 5.32 Å². The number of carbonyl (C=O) groups is 1. The third-order valence-corrected chi connectivity index (χ3v) is 3.63. The first-order chi connectivity index (χ1) is 10.6. The molecule has 0 aliphatic heterocycles. The number of aromatic nitrogens is 4. The number of nitrogens with one attached hydrogen (secondary N) is 2. The number of halogens is 2. The van der Waals surface area contributed by atoms with Crippen LogP contribution in [-0.4, -0.2) is 26.5 Å². The number of nitrogens with zero attached hydrogens (tertiary/aromatic N) is 3. The predicted molar refractivity (Wildman–Crippen MR) is 86.7 cm³/mol. The summed E-state index contributed by atoms with van der Waals surface area (Å²) in [6.45, 7) is 0. The Labute approximate surface area is 139 Å². The van der Waals surface area contributed by atoms with E-state index in [1.807, 2.05) is 6.07 Å². The second kappa shape index (κ2) is 6.25. The molecular formula is C14H9BrClN5O. The highest BCUT2D eigenvalue weighted by atomic mass is 79.9. The molecule has 0 radical (unpaired) electrons. The molecule has 1 aromatic heterocycles. The average molecular weight is 379 g/mol. The number of H-pyrrole nitrogens is 1. The maximum absolute atomic E-state index is 12.4. The second-order valence-corrected chi connectivity index (χ2v) is 5.74. The molecule has 1 heterocycles. The number of tetrazole rings is 1. The van der Waals surface area contributed by atoms with Gasteiger partial charge in [0.2, 0.25) is 5.82 Å². The van der Waals surface area contributed by atoms with E-state index in [2.05, 4.69) is 41.9 Å². The molecule has 0 fully saturated rings. The Hall–Kier alpha value is -2.25. The second-order valence-electron chi connectivity index (χ2n) is 4.39. The van der Waals surface area contributed by atoms with Crippen LogP contribution in [0.1, 0.15) is 10.4 Å². The lowest BCUT2D eigenvalue weighted by Gasteiger charge is -2.09. The number of amides is 1. The van der Waals surface area contributed by atoms with E-state index >= 15 is 0 Å². The van der Waals surface area contributed by atoms with Crippen molar-refractivity contribution < 1.29 is 4.79 Å². The summed E-state index contributed by atoms with van der Waals surface area (Å²) in [6, 6.07) is 12.1. The van der Waals surface area contributed by atoms with Gasteiger partial charge in [0.15, 0.2) is 0 Å². The van der Waals surface area contributed by atoms with E-state index in [1.54, 1.807) is 36.4 Å². The molecule has 0 saturated carbocycles. The summed E-state index contributed by atoms with van der Waals surface area (Å²) in [5.74, 6) is 0.124. The number of benzene rings is 2. The van der Waals surface area contributed by atoms with Crippen LogP contribution in [0.5, 0.6) is 0 Å². The molecule has 3 aromatic rings. The van der Waals surface area contributed by atoms with Gasteiger partial charge in [0.05, 0.1) is 5.69 Å². The molecule has 0 aliphatic rings. The van der Waals surface area contributed by atoms with Crippen molar-refractivity contribution in [3.05, 3.63) is 57.5 Å². The first kappa shape index (κ1) is 14.7. The van der Waals surface area contributed by atoms with Crippen LogP contribution in [0.3, 0.4) is 0 Å². The fraction of sp³-hybridized carbons (Fsp3) is 0. The van der Waals surface area contributed by atoms with Crippen LogP contribution < -0.4 is 5.32 Å². The first-order valence-corrected chi connectivity index (χ1v) is 7.41. The maximum Gasteiger partial charge on any atom is 0.255 e. The number of anilines is 1. The van der Waals surface area contributed by atoms with Gasteiger partial charge in [0.1, 0.15) is 0 Å². The Bertz CT molecular complexity index is 822. The fourth-order valence-corrected chi connectivity index (χ4v) is 2.47. The molecule has 110 valence electrons. The normalized spacial score (nSPS) is 10.5. The van der Waals surface area contributed by atoms with Gasteiger partial charge in [0.25, 0.3) is 5.91 Å². The summed E-state index contributed by atoms with van der Waals surface area (Å²) in [4.78, 5) is 12.4. The van der Waals surface area contributed by atoms with Crippen LogP contribution in [0.4, 0.5) is 5.69 Å². The van der Waals surface area contributed by atoms with Crippen molar-refractivity contribution in [1.29, 1.82) is 0 Å². The van der Waals surface area contributed by atoms with Crippen LogP contribution in [0, 0.1) is 0 Å². The van der Waals surface area contributed by atoms with E-state index < -0.39 is 0 Å². The molecule has 2 N–H and O–H groups in total. The number of carbonyl (C=O) groups excluding carboxylic acids is 1. The van der Waals surface area contributed by atoms with Crippen molar-refractivity contribution in [1.82, 2.24) is 20.6 Å². The van der Waals surface area contributed by atoms with Gasteiger partial charge in [-0.25, -0.2) is 0 Å². The van der Waals surface area contributed by atoms with Crippen molar-refractivity contribution in [2.24, 2.45) is 0 Å². The standard InChI is InChI=1S/C14H9BrClN5O/c15-9-4-5-11(13-18-20-21-19-13)12(7-9)17-14(22)8-2-1-3-10(16)6-8/h1-7H,(H,17,22)(H,18,19,20,21). The Morgan fingerprint density at radius 2 is 2.09 bits per heavy atom. The SMILES string of the molecule is O=C(Nc1cc(Br)ccc1-c1nn[nH]n1)c1cccc(Cl)c1. The Balaban J connectivity index is 1.95. The lowest BCUT2D eigenvalue weighted by Crippen LogP contribution is -2.12. The third-order valence-electron chi connectivity index (χ3n) is 2.90. The van der Waals surface area contributed by atoms with Crippen molar-refractivity contribution >= 4 is 39.1 Å². The number of hydrogen-bond acceptors (Lipinski definition) is 4. The van der Waals surface area contributed by atoms with Crippen molar-refractivity contribution in [2.45, 2.75) is 0 Å². The molecule has 1 amide bonds. The highest BCUT2D eigenvalue weighted by Gasteiger charge is 2.14. The number of hydrogen-bond donors (Lipinski definition) is 2. The quantitative estimate of drug-likeness (QED) is 0.730. The zero-order valence-corrected chi connectivity index (χ0v) is 13.4. The fourth-order valence-electron chi connectivity index (χ4n) is 1.91. The monoisotopic (exact) mass is 377 g/mol. The summed E-state index contributed by atoms with van der Waals surface area (Å²) in [7, 11) is 0. The van der Waals surface area contributed by atoms with Crippen LogP contribution >= 0.6 is 27.5 Å². The van der Waals surface area contributed by atoms with E-state index in [0.29, 0.717) is 27.7 Å². The Morgan fingerprint density at radius 3 is 2.82 bits per heavy atom. The summed E-state index contributed by atoms with van der Waals surface area (Å²) in [6.07, 6.45) is 0. The summed E-state index contributed by atoms with van der Waals surface area (Å²) >= 11 is 9.29. The minimum Gasteiger partial charge on any atom is -0.321 e. The van der Waals surface area contributed by atoms with Gasteiger partial charge in [-0.3, -0.25) is 4.79 Å². The van der Waals surface area contributed by atoms with E-state index in [-0.39, 0.29) is 5.91 Å². The zero-order chi connectivity index (χ0) is 15.5. The minimum atomic E-state index is -0.273. The summed E-state index contributed by atoms with van der Waals surface area (Å²) in [5, 5.41) is 17.1. The Kier molecular flexibility index (Phi) is 4.17. The average Bonchev–Trinajstić information content (AvgIpc) is 3.01. The first-order valence-electron chi connectivity index (χ1n) is 6.24. The summed E-state index contributed by atoms with van der Waals surface area (Å²) in [5.41, 5.74) is 1.69. The molecular weight excluding hydrogens is 370 g/mol. The van der Waals surface area contributed by atoms with Crippen molar-refractivity contribution in [3.8, 4) is 11.4 Å². The van der Waals surface area contributed by atoms with Crippen LogP contribution in [-0.2, 0) is 0 Å². The van der Waals surface area contributed by atoms with Gasteiger partial charge >= 0.3 is 0 Å². The van der Waals surface area contributed by atoms with Gasteiger partial charge in [-0.15, -0.1) is 10.2 Å². The predicted octanol–water partition coefficient (Wildman–Crippen LogP) is 3.53. The van der Waals surface area contributed by atoms with E-state index in [4.69, 9.17) is 11.6 Å². The molecule has 0 atom stereocenters. The largest absolute Gasteiger partial charge is 0.321 e. The van der Waals surface area contributed by atoms with Gasteiger partial charge in [-0.2, -0.15) is 5.21 Å². The Morgan fingerprint density at radius 1 is 1.23 bits per heavy atom. The lowest BCUT2D eigenvalue weighted by molar-refractivity contribution is 0.102. The molecule has 8 heteroatoms. The number of rotatable bonds is 3. The summed E-state index contributed by atoms with van der Waals surface area (Å²) < 4.78 is 0.820. The highest BCUT2D eigenvalue weighted by molar-refractivity contribution is 9.10. The third kappa shape index (κ3) is 3.15. The molecule has 6 nitrogen and oxygen atoms in total. The van der Waals surface area contributed by atoms with E-state index in [0.717, 1.165) is 4.47 Å². The maximum atomic E-state index is 12.4. The minimum absolute atomic E-state index is 0.273. The molecule has 22 heavy (non-hydrogen) atoms. The molecule has 0 unspecified atom stereocenters. The molecule has 3 rings (SSSR count). The zero-order valence-electron chi connectivity index (χ0n) is 11.0. The smallest absolute Gasteiger partial charge is 0.255 e. The topological polar surface area (TPSA) is 83.6 Å². The highest BCUT2D eigenvalue weighted by Crippen LogP contribution is 2.28. The van der Waals surface area contributed by atoms with Gasteiger partial charge in [-0.1, -0.05) is 33.6 Å². The van der Waals surface area contributed by atoms with Gasteiger partial charge in [0, 0.05) is 20.6 Å². The van der Waals surface area contributed by atoms with Gasteiger partial charge < -0.3 is 5.32 Å². The van der Waals surface area contributed by atoms with Crippen LogP contribution in [0.25, 0.3) is 11.4 Å².